The van der Waals surface area contributed by atoms with Gasteiger partial charge in [0.2, 0.25) is 0 Å². The first kappa shape index (κ1) is 11.7. The number of fused-ring (bicyclic) bond motifs is 3. The minimum atomic E-state index is -0.457. The number of ether oxygens (including phenoxy) is 1. The topological polar surface area (TPSA) is 38.3 Å². The maximum absolute atomic E-state index is 12.3. The van der Waals surface area contributed by atoms with E-state index in [-0.39, 0.29) is 11.9 Å². The molecule has 3 rings (SSSR count). The summed E-state index contributed by atoms with van der Waals surface area (Å²) in [6.07, 6.45) is 0.860. The molecule has 3 heteroatoms. The van der Waals surface area contributed by atoms with E-state index in [1.807, 2.05) is 32.9 Å². The van der Waals surface area contributed by atoms with Crippen LogP contribution in [0.1, 0.15) is 44.2 Å². The molecular formula is C15H19NO2. The molecule has 0 saturated heterocycles. The minimum absolute atomic E-state index is 0.102. The largest absolute Gasteiger partial charge is 0.459 e. The normalized spacial score (nSPS) is 29.2. The predicted molar refractivity (Wildman–Crippen MR) is 69.2 cm³/mol. The molecule has 1 aliphatic carbocycles. The summed E-state index contributed by atoms with van der Waals surface area (Å²) >= 11 is 0. The van der Waals surface area contributed by atoms with Crippen LogP contribution in [0.15, 0.2) is 24.3 Å². The number of hydrogen-bond acceptors (Lipinski definition) is 3. The van der Waals surface area contributed by atoms with Gasteiger partial charge in [-0.2, -0.15) is 0 Å². The van der Waals surface area contributed by atoms with Crippen molar-refractivity contribution in [2.75, 3.05) is 0 Å². The van der Waals surface area contributed by atoms with Crippen molar-refractivity contribution in [2.24, 2.45) is 0 Å². The Morgan fingerprint density at radius 2 is 2.11 bits per heavy atom. The quantitative estimate of drug-likeness (QED) is 0.772. The van der Waals surface area contributed by atoms with E-state index in [4.69, 9.17) is 4.74 Å². The van der Waals surface area contributed by atoms with Crippen LogP contribution in [0.4, 0.5) is 0 Å². The van der Waals surface area contributed by atoms with Crippen molar-refractivity contribution in [3.63, 3.8) is 0 Å². The fourth-order valence-corrected chi connectivity index (χ4v) is 2.79. The van der Waals surface area contributed by atoms with Gasteiger partial charge in [0.25, 0.3) is 0 Å². The van der Waals surface area contributed by atoms with Crippen LogP contribution < -0.4 is 5.32 Å². The van der Waals surface area contributed by atoms with E-state index in [1.165, 1.54) is 11.1 Å². The highest BCUT2D eigenvalue weighted by Crippen LogP contribution is 2.55. The summed E-state index contributed by atoms with van der Waals surface area (Å²) in [5, 5.41) is 3.37. The van der Waals surface area contributed by atoms with E-state index in [0.29, 0.717) is 0 Å². The lowest BCUT2D eigenvalue weighted by atomic mass is 9.96. The number of carbonyl (C=O) groups is 1. The Balaban J connectivity index is 1.84. The number of carbonyl (C=O) groups excluding carboxylic acids is 1. The molecule has 1 fully saturated rings. The fraction of sp³-hybridized carbons (Fsp3) is 0.533. The van der Waals surface area contributed by atoms with Gasteiger partial charge in [-0.15, -0.1) is 0 Å². The predicted octanol–water partition coefficient (Wildman–Crippen LogP) is 2.36. The Hall–Kier alpha value is -1.35. The van der Waals surface area contributed by atoms with Gasteiger partial charge in [0.15, 0.2) is 0 Å². The average Bonchev–Trinajstić information content (AvgIpc) is 3.03. The second-order valence-electron chi connectivity index (χ2n) is 6.28. The van der Waals surface area contributed by atoms with Crippen molar-refractivity contribution >= 4 is 5.97 Å². The van der Waals surface area contributed by atoms with Gasteiger partial charge in [-0.3, -0.25) is 10.1 Å². The third-order valence-electron chi connectivity index (χ3n) is 3.75. The van der Waals surface area contributed by atoms with Gasteiger partial charge in [-0.05, 0) is 38.3 Å². The molecule has 0 radical (unpaired) electrons. The first-order valence-electron chi connectivity index (χ1n) is 6.49. The lowest BCUT2D eigenvalue weighted by Crippen LogP contribution is -2.46. The van der Waals surface area contributed by atoms with Gasteiger partial charge in [0, 0.05) is 12.5 Å². The Morgan fingerprint density at radius 1 is 1.39 bits per heavy atom. The monoisotopic (exact) mass is 245 g/mol. The van der Waals surface area contributed by atoms with E-state index in [9.17, 15) is 4.79 Å². The summed E-state index contributed by atoms with van der Waals surface area (Å²) < 4.78 is 5.54. The molecule has 2 atom stereocenters. The molecule has 96 valence electrons. The van der Waals surface area contributed by atoms with Gasteiger partial charge in [-0.1, -0.05) is 24.3 Å². The molecule has 1 N–H and O–H groups in total. The van der Waals surface area contributed by atoms with E-state index in [2.05, 4.69) is 17.4 Å². The Morgan fingerprint density at radius 3 is 2.83 bits per heavy atom. The van der Waals surface area contributed by atoms with Crippen molar-refractivity contribution < 1.29 is 9.53 Å². The van der Waals surface area contributed by atoms with Crippen molar-refractivity contribution in [2.45, 2.75) is 50.8 Å². The van der Waals surface area contributed by atoms with Crippen LogP contribution in [0.25, 0.3) is 0 Å². The van der Waals surface area contributed by atoms with Crippen LogP contribution in [0.5, 0.6) is 0 Å². The van der Waals surface area contributed by atoms with Gasteiger partial charge >= 0.3 is 5.97 Å². The maximum Gasteiger partial charge on any atom is 0.327 e. The van der Waals surface area contributed by atoms with Crippen molar-refractivity contribution in [3.8, 4) is 0 Å². The third-order valence-corrected chi connectivity index (χ3v) is 3.75. The van der Waals surface area contributed by atoms with Crippen LogP contribution in [0, 0.1) is 0 Å². The summed E-state index contributed by atoms with van der Waals surface area (Å²) in [5.74, 6) is 0.187. The zero-order chi connectivity index (χ0) is 13.0. The van der Waals surface area contributed by atoms with Crippen LogP contribution in [0.2, 0.25) is 0 Å². The summed E-state index contributed by atoms with van der Waals surface area (Å²) in [5.41, 5.74) is 1.74. The first-order valence-corrected chi connectivity index (χ1v) is 6.49. The number of benzene rings is 1. The Kier molecular flexibility index (Phi) is 2.33. The second-order valence-corrected chi connectivity index (χ2v) is 6.28. The standard InChI is InChI=1S/C15H19NO2/c1-14(2,3)18-13(17)15-8-12(15)11-7-5-4-6-10(11)9-16-15/h4-7,12,16H,8-9H2,1-3H3. The molecule has 3 nitrogen and oxygen atoms in total. The molecule has 18 heavy (non-hydrogen) atoms. The van der Waals surface area contributed by atoms with E-state index < -0.39 is 11.1 Å². The lowest BCUT2D eigenvalue weighted by molar-refractivity contribution is -0.159. The number of rotatable bonds is 1. The number of nitrogens with one attached hydrogen (secondary N) is 1. The summed E-state index contributed by atoms with van der Waals surface area (Å²) in [6, 6.07) is 8.35. The molecule has 0 amide bonds. The lowest BCUT2D eigenvalue weighted by Gasteiger charge is -2.28. The van der Waals surface area contributed by atoms with Crippen LogP contribution in [0.3, 0.4) is 0 Å². The average molecular weight is 245 g/mol. The molecule has 1 heterocycles. The van der Waals surface area contributed by atoms with Crippen LogP contribution in [-0.2, 0) is 16.1 Å². The van der Waals surface area contributed by atoms with Gasteiger partial charge in [0.05, 0.1) is 0 Å². The molecule has 1 saturated carbocycles. The molecule has 0 spiro atoms. The first-order chi connectivity index (χ1) is 8.42. The zero-order valence-corrected chi connectivity index (χ0v) is 11.1. The smallest absolute Gasteiger partial charge is 0.327 e. The van der Waals surface area contributed by atoms with Gasteiger partial charge in [-0.25, -0.2) is 0 Å². The van der Waals surface area contributed by atoms with Crippen molar-refractivity contribution in [1.29, 1.82) is 0 Å². The van der Waals surface area contributed by atoms with Crippen molar-refractivity contribution in [3.05, 3.63) is 35.4 Å². The molecule has 0 bridgehead atoms. The Bertz CT molecular complexity index is 503. The molecule has 1 aromatic carbocycles. The molecular weight excluding hydrogens is 226 g/mol. The highest BCUT2D eigenvalue weighted by atomic mass is 16.6. The van der Waals surface area contributed by atoms with E-state index in [0.717, 1.165) is 13.0 Å². The number of esters is 1. The minimum Gasteiger partial charge on any atom is -0.459 e. The third kappa shape index (κ3) is 1.74. The fourth-order valence-electron chi connectivity index (χ4n) is 2.79. The molecule has 1 aromatic rings. The molecule has 1 aliphatic heterocycles. The molecule has 2 aliphatic rings. The van der Waals surface area contributed by atoms with Crippen LogP contribution >= 0.6 is 0 Å². The highest BCUT2D eigenvalue weighted by Gasteiger charge is 2.64. The van der Waals surface area contributed by atoms with Gasteiger partial charge in [0.1, 0.15) is 11.1 Å². The molecule has 0 aromatic heterocycles. The highest BCUT2D eigenvalue weighted by molar-refractivity contribution is 5.88. The van der Waals surface area contributed by atoms with Gasteiger partial charge < -0.3 is 4.74 Å². The molecule has 2 unspecified atom stereocenters. The number of hydrogen-bond donors (Lipinski definition) is 1. The zero-order valence-electron chi connectivity index (χ0n) is 11.1. The summed E-state index contributed by atoms with van der Waals surface area (Å²) in [4.78, 5) is 12.3. The summed E-state index contributed by atoms with van der Waals surface area (Å²) in [7, 11) is 0. The second kappa shape index (κ2) is 3.58. The maximum atomic E-state index is 12.3. The summed E-state index contributed by atoms with van der Waals surface area (Å²) in [6.45, 7) is 6.49. The van der Waals surface area contributed by atoms with E-state index in [1.54, 1.807) is 0 Å². The van der Waals surface area contributed by atoms with Crippen LogP contribution in [-0.4, -0.2) is 17.1 Å². The Labute approximate surface area is 108 Å². The SMILES string of the molecule is CC(C)(C)OC(=O)C12CC1c1ccccc1CN2. The van der Waals surface area contributed by atoms with Crippen molar-refractivity contribution in [1.82, 2.24) is 5.32 Å². The van der Waals surface area contributed by atoms with E-state index >= 15 is 0 Å².